The maximum absolute atomic E-state index is 12.6. The Morgan fingerprint density at radius 2 is 1.62 bits per heavy atom. The zero-order chi connectivity index (χ0) is 16.4. The summed E-state index contributed by atoms with van der Waals surface area (Å²) in [6.45, 7) is 0.263. The third-order valence-electron chi connectivity index (χ3n) is 4.04. The second-order valence-corrected chi connectivity index (χ2v) is 5.61. The molecule has 0 unspecified atom stereocenters. The van der Waals surface area contributed by atoms with Gasteiger partial charge in [0.1, 0.15) is 6.61 Å². The molecule has 0 spiro atoms. The predicted octanol–water partition coefficient (Wildman–Crippen LogP) is 4.75. The number of aromatic nitrogens is 1. The highest BCUT2D eigenvalue weighted by molar-refractivity contribution is 6.14. The molecule has 24 heavy (non-hydrogen) atoms. The van der Waals surface area contributed by atoms with E-state index in [4.69, 9.17) is 4.74 Å². The first kappa shape index (κ1) is 14.4. The minimum absolute atomic E-state index is 0.263. The summed E-state index contributed by atoms with van der Waals surface area (Å²) in [7, 11) is 0. The molecule has 4 aromatic rings. The first-order valence-electron chi connectivity index (χ1n) is 7.80. The van der Waals surface area contributed by atoms with E-state index >= 15 is 0 Å². The summed E-state index contributed by atoms with van der Waals surface area (Å²) in [6.07, 6.45) is 1.77. The van der Waals surface area contributed by atoms with Crippen molar-refractivity contribution in [3.05, 3.63) is 90.1 Å². The SMILES string of the molecule is O=C(OCc1ccccc1)c1cc2cccnc2c2ccccc12. The van der Waals surface area contributed by atoms with Crippen molar-refractivity contribution in [2.24, 2.45) is 0 Å². The number of pyridine rings is 1. The number of carbonyl (C=O) groups is 1. The van der Waals surface area contributed by atoms with Gasteiger partial charge in [0.25, 0.3) is 0 Å². The van der Waals surface area contributed by atoms with Crippen LogP contribution < -0.4 is 0 Å². The van der Waals surface area contributed by atoms with Crippen molar-refractivity contribution in [1.29, 1.82) is 0 Å². The predicted molar refractivity (Wildman–Crippen MR) is 94.8 cm³/mol. The quantitative estimate of drug-likeness (QED) is 0.405. The molecule has 3 nitrogen and oxygen atoms in total. The minimum Gasteiger partial charge on any atom is -0.457 e. The number of benzene rings is 3. The van der Waals surface area contributed by atoms with Crippen molar-refractivity contribution in [3.63, 3.8) is 0 Å². The van der Waals surface area contributed by atoms with Crippen molar-refractivity contribution in [2.45, 2.75) is 6.61 Å². The highest BCUT2D eigenvalue weighted by atomic mass is 16.5. The number of nitrogens with zero attached hydrogens (tertiary/aromatic N) is 1. The maximum Gasteiger partial charge on any atom is 0.339 e. The molecule has 1 heterocycles. The molecule has 0 aliphatic heterocycles. The van der Waals surface area contributed by atoms with Gasteiger partial charge in [-0.3, -0.25) is 4.98 Å². The van der Waals surface area contributed by atoms with Gasteiger partial charge < -0.3 is 4.74 Å². The number of fused-ring (bicyclic) bond motifs is 3. The van der Waals surface area contributed by atoms with Crippen LogP contribution >= 0.6 is 0 Å². The van der Waals surface area contributed by atoms with Gasteiger partial charge in [0, 0.05) is 17.0 Å². The maximum atomic E-state index is 12.6. The third-order valence-corrected chi connectivity index (χ3v) is 4.04. The average Bonchev–Trinajstić information content (AvgIpc) is 2.66. The van der Waals surface area contributed by atoms with Crippen LogP contribution in [-0.2, 0) is 11.3 Å². The molecule has 0 N–H and O–H groups in total. The molecular weight excluding hydrogens is 298 g/mol. The highest BCUT2D eigenvalue weighted by Crippen LogP contribution is 2.27. The first-order chi connectivity index (χ1) is 11.8. The molecule has 0 saturated heterocycles. The van der Waals surface area contributed by atoms with E-state index in [1.54, 1.807) is 6.20 Å². The number of hydrogen-bond acceptors (Lipinski definition) is 3. The Labute approximate surface area is 139 Å². The second-order valence-electron chi connectivity index (χ2n) is 5.61. The second kappa shape index (κ2) is 6.13. The van der Waals surface area contributed by atoms with Crippen molar-refractivity contribution in [1.82, 2.24) is 4.98 Å². The number of rotatable bonds is 3. The molecule has 3 heteroatoms. The highest BCUT2D eigenvalue weighted by Gasteiger charge is 2.14. The molecule has 0 aliphatic rings. The normalized spacial score (nSPS) is 10.8. The van der Waals surface area contributed by atoms with Gasteiger partial charge in [-0.1, -0.05) is 60.7 Å². The van der Waals surface area contributed by atoms with Crippen LogP contribution in [0, 0.1) is 0 Å². The van der Waals surface area contributed by atoms with E-state index in [1.807, 2.05) is 72.8 Å². The molecule has 0 atom stereocenters. The standard InChI is InChI=1S/C21H15NO2/c23-21(24-14-15-7-2-1-3-8-15)19-13-16-9-6-12-22-20(16)18-11-5-4-10-17(18)19/h1-13H,14H2. The van der Waals surface area contributed by atoms with Gasteiger partial charge in [0.05, 0.1) is 11.1 Å². The Morgan fingerprint density at radius 1 is 0.875 bits per heavy atom. The molecule has 0 aliphatic carbocycles. The monoisotopic (exact) mass is 313 g/mol. The molecule has 0 bridgehead atoms. The van der Waals surface area contributed by atoms with E-state index in [0.29, 0.717) is 5.56 Å². The summed E-state index contributed by atoms with van der Waals surface area (Å²) < 4.78 is 5.51. The van der Waals surface area contributed by atoms with Gasteiger partial charge in [-0.2, -0.15) is 0 Å². The summed E-state index contributed by atoms with van der Waals surface area (Å²) >= 11 is 0. The van der Waals surface area contributed by atoms with E-state index in [0.717, 1.165) is 27.2 Å². The zero-order valence-corrected chi connectivity index (χ0v) is 13.0. The van der Waals surface area contributed by atoms with Crippen molar-refractivity contribution in [3.8, 4) is 0 Å². The van der Waals surface area contributed by atoms with Crippen LogP contribution in [0.15, 0.2) is 79.0 Å². The van der Waals surface area contributed by atoms with Crippen LogP contribution in [-0.4, -0.2) is 11.0 Å². The van der Waals surface area contributed by atoms with E-state index < -0.39 is 0 Å². The number of carbonyl (C=O) groups excluding carboxylic acids is 1. The fourth-order valence-corrected chi connectivity index (χ4v) is 2.89. The van der Waals surface area contributed by atoms with E-state index in [2.05, 4.69) is 4.98 Å². The Morgan fingerprint density at radius 3 is 2.46 bits per heavy atom. The summed E-state index contributed by atoms with van der Waals surface area (Å²) in [5, 5.41) is 2.76. The van der Waals surface area contributed by atoms with Gasteiger partial charge >= 0.3 is 5.97 Å². The summed E-state index contributed by atoms with van der Waals surface area (Å²) in [4.78, 5) is 17.1. The van der Waals surface area contributed by atoms with Crippen LogP contribution in [0.1, 0.15) is 15.9 Å². The van der Waals surface area contributed by atoms with Crippen molar-refractivity contribution >= 4 is 27.6 Å². The lowest BCUT2D eigenvalue weighted by atomic mass is 10.0. The first-order valence-corrected chi connectivity index (χ1v) is 7.80. The average molecular weight is 313 g/mol. The molecule has 4 rings (SSSR count). The fourth-order valence-electron chi connectivity index (χ4n) is 2.89. The third kappa shape index (κ3) is 2.61. The van der Waals surface area contributed by atoms with Gasteiger partial charge in [-0.15, -0.1) is 0 Å². The van der Waals surface area contributed by atoms with E-state index in [9.17, 15) is 4.79 Å². The smallest absolute Gasteiger partial charge is 0.339 e. The Bertz CT molecular complexity index is 1030. The molecule has 116 valence electrons. The lowest BCUT2D eigenvalue weighted by Gasteiger charge is -2.10. The Balaban J connectivity index is 1.76. The molecular formula is C21H15NO2. The zero-order valence-electron chi connectivity index (χ0n) is 13.0. The van der Waals surface area contributed by atoms with Crippen molar-refractivity contribution < 1.29 is 9.53 Å². The Hall–Kier alpha value is -3.20. The Kier molecular flexibility index (Phi) is 3.67. The van der Waals surface area contributed by atoms with Crippen LogP contribution in [0.4, 0.5) is 0 Å². The lowest BCUT2D eigenvalue weighted by Crippen LogP contribution is -2.06. The summed E-state index contributed by atoms with van der Waals surface area (Å²) in [5.41, 5.74) is 2.44. The van der Waals surface area contributed by atoms with Crippen LogP contribution in [0.2, 0.25) is 0 Å². The van der Waals surface area contributed by atoms with Crippen LogP contribution in [0.3, 0.4) is 0 Å². The van der Waals surface area contributed by atoms with E-state index in [-0.39, 0.29) is 12.6 Å². The van der Waals surface area contributed by atoms with Gasteiger partial charge in [0.15, 0.2) is 0 Å². The van der Waals surface area contributed by atoms with Crippen LogP contribution in [0.25, 0.3) is 21.7 Å². The molecule has 0 saturated carbocycles. The lowest BCUT2D eigenvalue weighted by molar-refractivity contribution is 0.0475. The molecule has 0 radical (unpaired) electrons. The number of hydrogen-bond donors (Lipinski definition) is 0. The fraction of sp³-hybridized carbons (Fsp3) is 0.0476. The minimum atomic E-state index is -0.319. The van der Waals surface area contributed by atoms with E-state index in [1.165, 1.54) is 0 Å². The van der Waals surface area contributed by atoms with Gasteiger partial charge in [-0.25, -0.2) is 4.79 Å². The summed E-state index contributed by atoms with van der Waals surface area (Å²) in [5.74, 6) is -0.319. The molecule has 0 fully saturated rings. The molecule has 1 aromatic heterocycles. The molecule has 3 aromatic carbocycles. The summed E-state index contributed by atoms with van der Waals surface area (Å²) in [6, 6.07) is 23.2. The van der Waals surface area contributed by atoms with Gasteiger partial charge in [-0.05, 0) is 23.1 Å². The van der Waals surface area contributed by atoms with Crippen LogP contribution in [0.5, 0.6) is 0 Å². The largest absolute Gasteiger partial charge is 0.457 e. The van der Waals surface area contributed by atoms with Gasteiger partial charge in [0.2, 0.25) is 0 Å². The number of esters is 1. The molecule has 0 amide bonds. The van der Waals surface area contributed by atoms with Crippen molar-refractivity contribution in [2.75, 3.05) is 0 Å². The topological polar surface area (TPSA) is 39.2 Å². The number of ether oxygens (including phenoxy) is 1.